The molecule has 35 heavy (non-hydrogen) atoms. The third-order valence-corrected chi connectivity index (χ3v) is 5.40. The molecule has 0 bridgehead atoms. The van der Waals surface area contributed by atoms with E-state index in [0.29, 0.717) is 29.3 Å². The van der Waals surface area contributed by atoms with Crippen LogP contribution in [0.15, 0.2) is 53.7 Å². The van der Waals surface area contributed by atoms with E-state index < -0.39 is 35.7 Å². The van der Waals surface area contributed by atoms with Gasteiger partial charge < -0.3 is 19.7 Å². The van der Waals surface area contributed by atoms with Gasteiger partial charge in [-0.05, 0) is 36.8 Å². The third kappa shape index (κ3) is 4.86. The number of ether oxygens (including phenoxy) is 1. The SMILES string of the molecule is COc1cc(Nc2cc(Cl)nn([C@@H](CO)c3cc(F)c(F)c(F)c3)c2=O)ccc1-n1cnc(C)c1. The monoisotopic (exact) mass is 505 g/mol. The number of imidazole rings is 1. The van der Waals surface area contributed by atoms with Gasteiger partial charge in [0, 0.05) is 24.0 Å². The summed E-state index contributed by atoms with van der Waals surface area (Å²) in [6.45, 7) is 1.09. The summed E-state index contributed by atoms with van der Waals surface area (Å²) in [5.41, 5.74) is 1.03. The molecule has 12 heteroatoms. The molecule has 2 heterocycles. The molecule has 4 rings (SSSR count). The molecule has 4 aromatic rings. The van der Waals surface area contributed by atoms with Crippen LogP contribution in [-0.2, 0) is 0 Å². The maximum atomic E-state index is 13.8. The number of rotatable bonds is 7. The first-order chi connectivity index (χ1) is 16.7. The highest BCUT2D eigenvalue weighted by Gasteiger charge is 2.22. The second-order valence-corrected chi connectivity index (χ2v) is 7.95. The fraction of sp³-hybridized carbons (Fsp3) is 0.174. The number of aliphatic hydroxyl groups excluding tert-OH is 1. The molecule has 182 valence electrons. The first-order valence-electron chi connectivity index (χ1n) is 10.2. The van der Waals surface area contributed by atoms with Crippen molar-refractivity contribution in [3.63, 3.8) is 0 Å². The maximum Gasteiger partial charge on any atom is 0.291 e. The largest absolute Gasteiger partial charge is 0.494 e. The zero-order valence-corrected chi connectivity index (χ0v) is 19.2. The molecule has 2 N–H and O–H groups in total. The van der Waals surface area contributed by atoms with Crippen molar-refractivity contribution < 1.29 is 23.0 Å². The van der Waals surface area contributed by atoms with Crippen LogP contribution in [0.1, 0.15) is 17.3 Å². The Morgan fingerprint density at radius 1 is 1.17 bits per heavy atom. The molecule has 0 aliphatic carbocycles. The van der Waals surface area contributed by atoms with E-state index in [-0.39, 0.29) is 16.4 Å². The van der Waals surface area contributed by atoms with E-state index in [1.165, 1.54) is 13.2 Å². The van der Waals surface area contributed by atoms with Gasteiger partial charge in [0.1, 0.15) is 17.5 Å². The summed E-state index contributed by atoms with van der Waals surface area (Å²) in [5.74, 6) is -4.11. The Morgan fingerprint density at radius 2 is 1.89 bits per heavy atom. The van der Waals surface area contributed by atoms with E-state index in [0.717, 1.165) is 10.4 Å². The molecule has 0 fully saturated rings. The lowest BCUT2D eigenvalue weighted by molar-refractivity contribution is 0.236. The Labute approximate surface area is 202 Å². The summed E-state index contributed by atoms with van der Waals surface area (Å²) in [7, 11) is 1.50. The van der Waals surface area contributed by atoms with Crippen molar-refractivity contribution in [1.82, 2.24) is 19.3 Å². The first-order valence-corrected chi connectivity index (χ1v) is 10.6. The minimum atomic E-state index is -1.66. The van der Waals surface area contributed by atoms with Crippen LogP contribution in [0.4, 0.5) is 24.5 Å². The van der Waals surface area contributed by atoms with Crippen molar-refractivity contribution in [1.29, 1.82) is 0 Å². The smallest absolute Gasteiger partial charge is 0.291 e. The zero-order valence-electron chi connectivity index (χ0n) is 18.5. The second-order valence-electron chi connectivity index (χ2n) is 7.56. The predicted octanol–water partition coefficient (Wildman–Crippen LogP) is 4.14. The zero-order chi connectivity index (χ0) is 25.3. The fourth-order valence-electron chi connectivity index (χ4n) is 3.55. The number of anilines is 2. The van der Waals surface area contributed by atoms with Crippen molar-refractivity contribution in [2.75, 3.05) is 19.0 Å². The van der Waals surface area contributed by atoms with Gasteiger partial charge in [0.15, 0.2) is 22.6 Å². The van der Waals surface area contributed by atoms with E-state index in [1.54, 1.807) is 29.1 Å². The highest BCUT2D eigenvalue weighted by molar-refractivity contribution is 6.29. The van der Waals surface area contributed by atoms with Gasteiger partial charge in [-0.25, -0.2) is 22.8 Å². The van der Waals surface area contributed by atoms with Crippen LogP contribution < -0.4 is 15.6 Å². The van der Waals surface area contributed by atoms with Gasteiger partial charge in [-0.15, -0.1) is 0 Å². The number of nitrogens with zero attached hydrogens (tertiary/aromatic N) is 4. The predicted molar refractivity (Wildman–Crippen MR) is 123 cm³/mol. The lowest BCUT2D eigenvalue weighted by Crippen LogP contribution is -2.31. The van der Waals surface area contributed by atoms with Gasteiger partial charge in [-0.2, -0.15) is 5.10 Å². The van der Waals surface area contributed by atoms with E-state index in [1.807, 2.05) is 13.1 Å². The lowest BCUT2D eigenvalue weighted by atomic mass is 10.1. The quantitative estimate of drug-likeness (QED) is 0.367. The van der Waals surface area contributed by atoms with Crippen molar-refractivity contribution in [2.24, 2.45) is 0 Å². The normalized spacial score (nSPS) is 12.0. The van der Waals surface area contributed by atoms with Gasteiger partial charge in [0.25, 0.3) is 5.56 Å². The molecule has 0 saturated heterocycles. The van der Waals surface area contributed by atoms with Crippen LogP contribution in [-0.4, -0.2) is 38.2 Å². The Kier molecular flexibility index (Phi) is 6.81. The Hall–Kier alpha value is -3.83. The highest BCUT2D eigenvalue weighted by atomic mass is 35.5. The molecule has 2 aromatic carbocycles. The van der Waals surface area contributed by atoms with Gasteiger partial charge >= 0.3 is 0 Å². The average molecular weight is 506 g/mol. The number of aromatic nitrogens is 4. The Bertz CT molecular complexity index is 1430. The van der Waals surface area contributed by atoms with Gasteiger partial charge in [0.05, 0.1) is 31.4 Å². The number of halogens is 4. The van der Waals surface area contributed by atoms with Crippen LogP contribution in [0.2, 0.25) is 5.15 Å². The molecule has 0 radical (unpaired) electrons. The lowest BCUT2D eigenvalue weighted by Gasteiger charge is -2.19. The molecule has 0 unspecified atom stereocenters. The van der Waals surface area contributed by atoms with E-state index in [9.17, 15) is 23.1 Å². The van der Waals surface area contributed by atoms with Crippen LogP contribution in [0.5, 0.6) is 5.75 Å². The minimum absolute atomic E-state index is 0.0280. The molecule has 1 atom stereocenters. The van der Waals surface area contributed by atoms with Crippen LogP contribution in [0.25, 0.3) is 5.69 Å². The first kappa shape index (κ1) is 24.3. The topological polar surface area (TPSA) is 94.2 Å². The fourth-order valence-corrected chi connectivity index (χ4v) is 3.74. The molecular weight excluding hydrogens is 487 g/mol. The average Bonchev–Trinajstić information content (AvgIpc) is 3.26. The van der Waals surface area contributed by atoms with Crippen LogP contribution >= 0.6 is 11.6 Å². The summed E-state index contributed by atoms with van der Waals surface area (Å²) in [6, 6.07) is 6.40. The minimum Gasteiger partial charge on any atom is -0.494 e. The van der Waals surface area contributed by atoms with Crippen LogP contribution in [0, 0.1) is 24.4 Å². The van der Waals surface area contributed by atoms with Gasteiger partial charge in [-0.1, -0.05) is 11.6 Å². The number of methoxy groups -OCH3 is 1. The molecule has 0 spiro atoms. The summed E-state index contributed by atoms with van der Waals surface area (Å²) in [4.78, 5) is 17.3. The number of aliphatic hydroxyl groups is 1. The third-order valence-electron chi connectivity index (χ3n) is 5.21. The summed E-state index contributed by atoms with van der Waals surface area (Å²) >= 11 is 6.10. The molecule has 2 aromatic heterocycles. The molecule has 0 saturated carbocycles. The second kappa shape index (κ2) is 9.80. The molecule has 0 aliphatic heterocycles. The van der Waals surface area contributed by atoms with Crippen LogP contribution in [0.3, 0.4) is 0 Å². The summed E-state index contributed by atoms with van der Waals surface area (Å²) < 4.78 is 48.9. The van der Waals surface area contributed by atoms with Gasteiger partial charge in [-0.3, -0.25) is 4.79 Å². The standard InChI is InChI=1S/C23H19ClF3N5O3/c1-12-9-31(11-28-12)18-4-3-14(7-20(18)35-2)29-17-8-21(24)30-32(23(17)34)19(10-33)13-5-15(25)22(27)16(26)6-13/h3-9,11,19,29,33H,10H2,1-2H3/t19-/m0/s1. The maximum absolute atomic E-state index is 13.8. The van der Waals surface area contributed by atoms with Crippen molar-refractivity contribution >= 4 is 23.0 Å². The Morgan fingerprint density at radius 3 is 2.49 bits per heavy atom. The summed E-state index contributed by atoms with van der Waals surface area (Å²) in [5, 5.41) is 16.5. The number of aryl methyl sites for hydroxylation is 1. The van der Waals surface area contributed by atoms with E-state index in [2.05, 4.69) is 15.4 Å². The highest BCUT2D eigenvalue weighted by Crippen LogP contribution is 2.29. The van der Waals surface area contributed by atoms with E-state index >= 15 is 0 Å². The number of hydrogen-bond acceptors (Lipinski definition) is 6. The van der Waals surface area contributed by atoms with Crippen molar-refractivity contribution in [2.45, 2.75) is 13.0 Å². The van der Waals surface area contributed by atoms with E-state index in [4.69, 9.17) is 16.3 Å². The summed E-state index contributed by atoms with van der Waals surface area (Å²) in [6.07, 6.45) is 3.46. The Balaban J connectivity index is 1.72. The molecule has 0 amide bonds. The van der Waals surface area contributed by atoms with Crippen molar-refractivity contribution in [3.05, 3.63) is 93.1 Å². The van der Waals surface area contributed by atoms with Gasteiger partial charge in [0.2, 0.25) is 0 Å². The molecule has 8 nitrogen and oxygen atoms in total. The number of benzene rings is 2. The number of nitrogens with one attached hydrogen (secondary N) is 1. The molecular formula is C23H19ClF3N5O3. The number of hydrogen-bond donors (Lipinski definition) is 2. The van der Waals surface area contributed by atoms with Crippen molar-refractivity contribution in [3.8, 4) is 11.4 Å². The molecule has 0 aliphatic rings.